The molecule has 1 aliphatic rings. The zero-order chi connectivity index (χ0) is 12.3. The summed E-state index contributed by atoms with van der Waals surface area (Å²) in [6.07, 6.45) is 4.10. The van der Waals surface area contributed by atoms with E-state index in [9.17, 15) is 0 Å². The van der Waals surface area contributed by atoms with Crippen molar-refractivity contribution in [2.75, 3.05) is 19.3 Å². The molecule has 17 heavy (non-hydrogen) atoms. The number of benzene rings is 1. The first-order valence-electron chi connectivity index (χ1n) is 6.49. The summed E-state index contributed by atoms with van der Waals surface area (Å²) in [7, 11) is 2.23. The lowest BCUT2D eigenvalue weighted by molar-refractivity contribution is 0.102. The summed E-state index contributed by atoms with van der Waals surface area (Å²) < 4.78 is 0. The van der Waals surface area contributed by atoms with Gasteiger partial charge in [-0.2, -0.15) is 12.6 Å². The van der Waals surface area contributed by atoms with Crippen LogP contribution in [0.2, 0.25) is 0 Å². The molecule has 0 spiro atoms. The smallest absolute Gasteiger partial charge is 0.0231 e. The van der Waals surface area contributed by atoms with Crippen molar-refractivity contribution >= 4 is 12.6 Å². The van der Waals surface area contributed by atoms with Gasteiger partial charge >= 0.3 is 0 Å². The molecular formula is C15H23NS. The van der Waals surface area contributed by atoms with E-state index in [0.29, 0.717) is 5.41 Å². The van der Waals surface area contributed by atoms with Crippen LogP contribution >= 0.6 is 12.6 Å². The van der Waals surface area contributed by atoms with Crippen LogP contribution in [-0.2, 0) is 6.54 Å². The predicted octanol–water partition coefficient (Wildman–Crippen LogP) is 3.53. The molecule has 1 nitrogen and oxygen atoms in total. The number of hydrogen-bond donors (Lipinski definition) is 1. The molecule has 1 saturated carbocycles. The summed E-state index contributed by atoms with van der Waals surface area (Å²) in [4.78, 5) is 2.45. The van der Waals surface area contributed by atoms with Gasteiger partial charge in [0.15, 0.2) is 0 Å². The van der Waals surface area contributed by atoms with Crippen molar-refractivity contribution in [1.82, 2.24) is 4.90 Å². The topological polar surface area (TPSA) is 3.24 Å². The average molecular weight is 249 g/mol. The summed E-state index contributed by atoms with van der Waals surface area (Å²) in [5.74, 6) is 1.03. The van der Waals surface area contributed by atoms with Crippen LogP contribution in [0.3, 0.4) is 0 Å². The minimum Gasteiger partial charge on any atom is -0.302 e. The van der Waals surface area contributed by atoms with Crippen LogP contribution in [0.1, 0.15) is 30.4 Å². The SMILES string of the molecule is Cc1cccc(CN(C)CC2(CS)CCC2)c1. The summed E-state index contributed by atoms with van der Waals surface area (Å²) in [5.41, 5.74) is 3.27. The molecule has 0 aromatic heterocycles. The molecule has 1 aliphatic carbocycles. The lowest BCUT2D eigenvalue weighted by Gasteiger charge is -2.43. The van der Waals surface area contributed by atoms with Crippen molar-refractivity contribution in [1.29, 1.82) is 0 Å². The molecule has 0 heterocycles. The molecule has 94 valence electrons. The monoisotopic (exact) mass is 249 g/mol. The van der Waals surface area contributed by atoms with Crippen LogP contribution in [0.25, 0.3) is 0 Å². The molecule has 0 saturated heterocycles. The molecule has 0 amide bonds. The molecule has 0 bridgehead atoms. The van der Waals surface area contributed by atoms with Crippen LogP contribution in [0.4, 0.5) is 0 Å². The van der Waals surface area contributed by atoms with Gasteiger partial charge in [-0.15, -0.1) is 0 Å². The molecule has 0 unspecified atom stereocenters. The number of thiol groups is 1. The van der Waals surface area contributed by atoms with Gasteiger partial charge in [0.05, 0.1) is 0 Å². The van der Waals surface area contributed by atoms with Gasteiger partial charge in [-0.25, -0.2) is 0 Å². The van der Waals surface area contributed by atoms with Gasteiger partial charge in [-0.1, -0.05) is 36.2 Å². The molecule has 1 aromatic rings. The Labute approximate surface area is 111 Å². The first-order chi connectivity index (χ1) is 8.13. The van der Waals surface area contributed by atoms with E-state index < -0.39 is 0 Å². The number of hydrogen-bond acceptors (Lipinski definition) is 2. The third kappa shape index (κ3) is 3.26. The molecule has 0 radical (unpaired) electrons. The van der Waals surface area contributed by atoms with E-state index in [0.717, 1.165) is 12.3 Å². The van der Waals surface area contributed by atoms with Crippen molar-refractivity contribution in [2.24, 2.45) is 5.41 Å². The van der Waals surface area contributed by atoms with Crippen molar-refractivity contribution in [3.8, 4) is 0 Å². The number of rotatable bonds is 5. The zero-order valence-corrected chi connectivity index (χ0v) is 11.8. The maximum Gasteiger partial charge on any atom is 0.0231 e. The Morgan fingerprint density at radius 2 is 2.12 bits per heavy atom. The molecular weight excluding hydrogens is 226 g/mol. The highest BCUT2D eigenvalue weighted by Crippen LogP contribution is 2.42. The lowest BCUT2D eigenvalue weighted by Crippen LogP contribution is -2.42. The first kappa shape index (κ1) is 13.0. The van der Waals surface area contributed by atoms with E-state index in [1.807, 2.05) is 0 Å². The Morgan fingerprint density at radius 3 is 2.65 bits per heavy atom. The fourth-order valence-corrected chi connectivity index (χ4v) is 3.21. The van der Waals surface area contributed by atoms with Crippen LogP contribution in [0.15, 0.2) is 24.3 Å². The van der Waals surface area contributed by atoms with Crippen molar-refractivity contribution < 1.29 is 0 Å². The van der Waals surface area contributed by atoms with E-state index in [4.69, 9.17) is 0 Å². The summed E-state index contributed by atoms with van der Waals surface area (Å²) in [5, 5.41) is 0. The summed E-state index contributed by atoms with van der Waals surface area (Å²) in [6.45, 7) is 4.40. The maximum absolute atomic E-state index is 4.52. The van der Waals surface area contributed by atoms with Gasteiger partial charge in [-0.05, 0) is 43.5 Å². The molecule has 1 aromatic carbocycles. The van der Waals surface area contributed by atoms with E-state index in [1.165, 1.54) is 36.9 Å². The Bertz CT molecular complexity index is 365. The second kappa shape index (κ2) is 5.45. The Balaban J connectivity index is 1.90. The normalized spacial score (nSPS) is 18.1. The average Bonchev–Trinajstić information content (AvgIpc) is 2.23. The van der Waals surface area contributed by atoms with Crippen molar-refractivity contribution in [2.45, 2.75) is 32.7 Å². The van der Waals surface area contributed by atoms with Gasteiger partial charge in [-0.3, -0.25) is 0 Å². The summed E-state index contributed by atoms with van der Waals surface area (Å²) >= 11 is 4.52. The highest BCUT2D eigenvalue weighted by Gasteiger charge is 2.36. The third-order valence-corrected chi connectivity index (χ3v) is 4.56. The standard InChI is InChI=1S/C15H23NS/c1-13-5-3-6-14(9-13)10-16(2)11-15(12-17)7-4-8-15/h3,5-6,9,17H,4,7-8,10-12H2,1-2H3. The third-order valence-electron chi connectivity index (χ3n) is 3.89. The summed E-state index contributed by atoms with van der Waals surface area (Å²) in [6, 6.07) is 8.81. The Hall–Kier alpha value is -0.470. The van der Waals surface area contributed by atoms with Gasteiger partial charge in [0.1, 0.15) is 0 Å². The Morgan fingerprint density at radius 1 is 1.35 bits per heavy atom. The fraction of sp³-hybridized carbons (Fsp3) is 0.600. The van der Waals surface area contributed by atoms with Crippen LogP contribution in [-0.4, -0.2) is 24.2 Å². The molecule has 1 fully saturated rings. The van der Waals surface area contributed by atoms with Crippen molar-refractivity contribution in [3.05, 3.63) is 35.4 Å². The second-order valence-corrected chi connectivity index (χ2v) is 5.99. The quantitative estimate of drug-likeness (QED) is 0.781. The lowest BCUT2D eigenvalue weighted by atomic mass is 9.70. The number of aryl methyl sites for hydroxylation is 1. The van der Waals surface area contributed by atoms with Gasteiger partial charge in [0.25, 0.3) is 0 Å². The van der Waals surface area contributed by atoms with E-state index in [2.05, 4.69) is 55.8 Å². The first-order valence-corrected chi connectivity index (χ1v) is 7.12. The van der Waals surface area contributed by atoms with Gasteiger partial charge < -0.3 is 4.90 Å². The molecule has 0 atom stereocenters. The van der Waals surface area contributed by atoms with Crippen LogP contribution < -0.4 is 0 Å². The zero-order valence-electron chi connectivity index (χ0n) is 10.9. The number of nitrogens with zero attached hydrogens (tertiary/aromatic N) is 1. The minimum atomic E-state index is 0.502. The van der Waals surface area contributed by atoms with Crippen LogP contribution in [0, 0.1) is 12.3 Å². The van der Waals surface area contributed by atoms with E-state index in [1.54, 1.807) is 0 Å². The highest BCUT2D eigenvalue weighted by molar-refractivity contribution is 7.80. The second-order valence-electron chi connectivity index (χ2n) is 5.67. The highest BCUT2D eigenvalue weighted by atomic mass is 32.1. The van der Waals surface area contributed by atoms with Crippen LogP contribution in [0.5, 0.6) is 0 Å². The maximum atomic E-state index is 4.52. The Kier molecular flexibility index (Phi) is 4.16. The van der Waals surface area contributed by atoms with Gasteiger partial charge in [0, 0.05) is 13.1 Å². The fourth-order valence-electron chi connectivity index (χ4n) is 2.79. The minimum absolute atomic E-state index is 0.502. The molecule has 0 N–H and O–H groups in total. The van der Waals surface area contributed by atoms with Crippen molar-refractivity contribution in [3.63, 3.8) is 0 Å². The largest absolute Gasteiger partial charge is 0.302 e. The van der Waals surface area contributed by atoms with Gasteiger partial charge in [0.2, 0.25) is 0 Å². The van der Waals surface area contributed by atoms with E-state index >= 15 is 0 Å². The molecule has 0 aliphatic heterocycles. The molecule has 2 rings (SSSR count). The van der Waals surface area contributed by atoms with E-state index in [-0.39, 0.29) is 0 Å². The predicted molar refractivity (Wildman–Crippen MR) is 77.7 cm³/mol. The molecule has 2 heteroatoms.